The van der Waals surface area contributed by atoms with Crippen molar-refractivity contribution in [3.05, 3.63) is 88.9 Å². The van der Waals surface area contributed by atoms with E-state index in [9.17, 15) is 14.7 Å². The zero-order chi connectivity index (χ0) is 35.1. The van der Waals surface area contributed by atoms with Crippen LogP contribution in [-0.2, 0) is 29.0 Å². The minimum absolute atomic E-state index is 0.0456. The van der Waals surface area contributed by atoms with E-state index in [1.807, 2.05) is 41.8 Å². The van der Waals surface area contributed by atoms with Crippen molar-refractivity contribution in [3.63, 3.8) is 0 Å². The van der Waals surface area contributed by atoms with E-state index in [-0.39, 0.29) is 16.6 Å². The molecular formula is C39H43N3O5S2. The Labute approximate surface area is 295 Å². The number of para-hydroxylation sites is 1. The molecular weight excluding hydrogens is 655 g/mol. The highest BCUT2D eigenvalue weighted by atomic mass is 32.2. The van der Waals surface area contributed by atoms with Crippen LogP contribution in [-0.4, -0.2) is 50.4 Å². The average molecular weight is 698 g/mol. The lowest BCUT2D eigenvalue weighted by Crippen LogP contribution is -2.41. The molecule has 1 aliphatic rings. The highest BCUT2D eigenvalue weighted by molar-refractivity contribution is 8.00. The summed E-state index contributed by atoms with van der Waals surface area (Å²) in [6, 6.07) is 22.2. The maximum Gasteiger partial charge on any atom is 0.309 e. The number of aromatic nitrogens is 2. The van der Waals surface area contributed by atoms with Crippen molar-refractivity contribution in [1.29, 1.82) is 0 Å². The number of methoxy groups -OCH3 is 1. The van der Waals surface area contributed by atoms with Crippen LogP contribution in [0.15, 0.2) is 77.0 Å². The van der Waals surface area contributed by atoms with Gasteiger partial charge in [0.2, 0.25) is 0 Å². The van der Waals surface area contributed by atoms with Crippen molar-refractivity contribution in [1.82, 2.24) is 9.55 Å². The van der Waals surface area contributed by atoms with E-state index in [0.29, 0.717) is 30.3 Å². The molecule has 0 amide bonds. The third kappa shape index (κ3) is 7.50. The summed E-state index contributed by atoms with van der Waals surface area (Å²) >= 11 is 3.19. The van der Waals surface area contributed by atoms with Crippen molar-refractivity contribution in [2.45, 2.75) is 82.7 Å². The van der Waals surface area contributed by atoms with Crippen LogP contribution < -0.4 is 14.8 Å². The fraction of sp³-hybridized carbons (Fsp3) is 0.359. The fourth-order valence-corrected chi connectivity index (χ4v) is 8.09. The second-order valence-electron chi connectivity index (χ2n) is 14.3. The third-order valence-corrected chi connectivity index (χ3v) is 10.8. The molecule has 1 unspecified atom stereocenters. The van der Waals surface area contributed by atoms with Gasteiger partial charge in [0.1, 0.15) is 5.75 Å². The topological polar surface area (TPSA) is 103 Å². The number of thiazole rings is 1. The van der Waals surface area contributed by atoms with Crippen molar-refractivity contribution in [2.24, 2.45) is 5.41 Å². The van der Waals surface area contributed by atoms with Crippen LogP contribution in [0.5, 0.6) is 10.9 Å². The predicted octanol–water partition coefficient (Wildman–Crippen LogP) is 8.74. The van der Waals surface area contributed by atoms with Gasteiger partial charge in [0.15, 0.2) is 11.9 Å². The molecule has 0 fully saturated rings. The number of carbonyl (C=O) groups excluding carboxylic acids is 1. The molecule has 2 aromatic heterocycles. The first-order valence-electron chi connectivity index (χ1n) is 16.4. The van der Waals surface area contributed by atoms with Gasteiger partial charge in [-0.2, -0.15) is 0 Å². The summed E-state index contributed by atoms with van der Waals surface area (Å²) in [6.45, 7) is 12.2. The SMILES string of the molecule is COc1nc(-c2ccc(Cn3c(CC(C)(C)C(=O)O)c(SC(C)(C)C)c4cc(O[C@H](C(C)=O)C5Cc6ccccc6N5)ccc43)cc2)cs1. The molecule has 3 aromatic carbocycles. The second kappa shape index (κ2) is 13.6. The Hall–Kier alpha value is -4.28. The number of nitrogens with one attached hydrogen (secondary N) is 1. The number of benzene rings is 3. The van der Waals surface area contributed by atoms with Crippen LogP contribution in [0.25, 0.3) is 22.2 Å². The lowest BCUT2D eigenvalue weighted by molar-refractivity contribution is -0.146. The summed E-state index contributed by atoms with van der Waals surface area (Å²) in [5.74, 6) is -0.293. The number of hydrogen-bond acceptors (Lipinski definition) is 8. The normalized spacial score (nSPS) is 15.1. The highest BCUT2D eigenvalue weighted by Gasteiger charge is 2.35. The first kappa shape index (κ1) is 34.6. The number of nitrogens with zero attached hydrogens (tertiary/aromatic N) is 2. The zero-order valence-electron chi connectivity index (χ0n) is 29.0. The summed E-state index contributed by atoms with van der Waals surface area (Å²) in [5.41, 5.74) is 6.08. The molecule has 8 nitrogen and oxygen atoms in total. The van der Waals surface area contributed by atoms with E-state index in [1.54, 1.807) is 39.6 Å². The minimum Gasteiger partial charge on any atom is -0.481 e. The smallest absolute Gasteiger partial charge is 0.309 e. The number of Topliss-reactive ketones (excluding diaryl/α,β-unsaturated/α-hetero) is 1. The van der Waals surface area contributed by atoms with Crippen LogP contribution in [0.2, 0.25) is 0 Å². The Morgan fingerprint density at radius 1 is 1.08 bits per heavy atom. The van der Waals surface area contributed by atoms with Crippen LogP contribution in [0.4, 0.5) is 5.69 Å². The average Bonchev–Trinajstić information content (AvgIpc) is 3.77. The molecule has 0 radical (unpaired) electrons. The standard InChI is InChI=1S/C39H43N3O5S2/c1-23(43)34(30-18-26-10-8-9-11-29(26)40-30)47-27-16-17-32-28(19-27)35(49-38(2,3)4)33(20-39(5,6)36(44)45)42(32)21-24-12-14-25(15-13-24)31-22-48-37(41-31)46-7/h8-17,19,22,30,34,40H,18,20-21H2,1-7H3,(H,44,45)/t30?,34-/m1/s1. The van der Waals surface area contributed by atoms with Gasteiger partial charge >= 0.3 is 5.97 Å². The Bertz CT molecular complexity index is 1980. The molecule has 0 bridgehead atoms. The van der Waals surface area contributed by atoms with E-state index >= 15 is 0 Å². The first-order valence-corrected chi connectivity index (χ1v) is 18.1. The number of aliphatic carboxylic acids is 1. The molecule has 2 atom stereocenters. The molecule has 0 saturated carbocycles. The maximum absolute atomic E-state index is 13.0. The summed E-state index contributed by atoms with van der Waals surface area (Å²) in [5, 5.41) is 17.3. The molecule has 6 rings (SSSR count). The van der Waals surface area contributed by atoms with E-state index in [4.69, 9.17) is 9.47 Å². The van der Waals surface area contributed by atoms with Gasteiger partial charge in [-0.25, -0.2) is 4.98 Å². The van der Waals surface area contributed by atoms with E-state index in [1.165, 1.54) is 16.9 Å². The number of carboxylic acid groups (broad SMARTS) is 1. The van der Waals surface area contributed by atoms with Gasteiger partial charge in [0, 0.05) is 55.8 Å². The molecule has 256 valence electrons. The van der Waals surface area contributed by atoms with E-state index < -0.39 is 17.5 Å². The van der Waals surface area contributed by atoms with Crippen molar-refractivity contribution < 1.29 is 24.2 Å². The number of rotatable bonds is 12. The summed E-state index contributed by atoms with van der Waals surface area (Å²) in [6.07, 6.45) is 0.364. The van der Waals surface area contributed by atoms with Gasteiger partial charge in [0.25, 0.3) is 5.19 Å². The van der Waals surface area contributed by atoms with Crippen LogP contribution in [0, 0.1) is 5.41 Å². The number of carbonyl (C=O) groups is 2. The lowest BCUT2D eigenvalue weighted by Gasteiger charge is -2.24. The van der Waals surface area contributed by atoms with Gasteiger partial charge in [-0.05, 0) is 62.6 Å². The number of fused-ring (bicyclic) bond motifs is 2. The Morgan fingerprint density at radius 3 is 2.45 bits per heavy atom. The molecule has 49 heavy (non-hydrogen) atoms. The largest absolute Gasteiger partial charge is 0.481 e. The van der Waals surface area contributed by atoms with Gasteiger partial charge in [0.05, 0.1) is 24.3 Å². The van der Waals surface area contributed by atoms with Crippen LogP contribution in [0.1, 0.15) is 58.4 Å². The third-order valence-electron chi connectivity index (χ3n) is 8.76. The van der Waals surface area contributed by atoms with E-state index in [0.717, 1.165) is 44.0 Å². The quantitative estimate of drug-likeness (QED) is 0.125. The molecule has 5 aromatic rings. The molecule has 3 heterocycles. The summed E-state index contributed by atoms with van der Waals surface area (Å²) in [4.78, 5) is 31.0. The number of ether oxygens (including phenoxy) is 2. The fourth-order valence-electron chi connectivity index (χ4n) is 6.25. The number of anilines is 1. The number of thioether (sulfide) groups is 1. The molecule has 2 N–H and O–H groups in total. The van der Waals surface area contributed by atoms with Crippen molar-refractivity contribution in [2.75, 3.05) is 12.4 Å². The minimum atomic E-state index is -1.00. The monoisotopic (exact) mass is 697 g/mol. The predicted molar refractivity (Wildman–Crippen MR) is 199 cm³/mol. The van der Waals surface area contributed by atoms with Gasteiger partial charge in [-0.3, -0.25) is 9.59 Å². The van der Waals surface area contributed by atoms with Gasteiger partial charge in [-0.15, -0.1) is 11.8 Å². The van der Waals surface area contributed by atoms with Gasteiger partial charge < -0.3 is 24.5 Å². The lowest BCUT2D eigenvalue weighted by atomic mass is 9.88. The Kier molecular flexibility index (Phi) is 9.57. The van der Waals surface area contributed by atoms with Gasteiger partial charge in [-0.1, -0.05) is 74.6 Å². The van der Waals surface area contributed by atoms with E-state index in [2.05, 4.69) is 66.0 Å². The maximum atomic E-state index is 13.0. The summed E-state index contributed by atoms with van der Waals surface area (Å²) < 4.78 is 13.9. The molecule has 0 spiro atoms. The second-order valence-corrected chi connectivity index (χ2v) is 16.9. The molecule has 0 saturated heterocycles. The number of ketones is 1. The number of hydrogen-bond donors (Lipinski definition) is 2. The van der Waals surface area contributed by atoms with Crippen molar-refractivity contribution >= 4 is 51.4 Å². The Morgan fingerprint density at radius 2 is 1.82 bits per heavy atom. The van der Waals surface area contributed by atoms with Crippen LogP contribution >= 0.6 is 23.1 Å². The van der Waals surface area contributed by atoms with Crippen molar-refractivity contribution in [3.8, 4) is 22.2 Å². The zero-order valence-corrected chi connectivity index (χ0v) is 30.6. The molecule has 10 heteroatoms. The molecule has 1 aliphatic heterocycles. The first-order chi connectivity index (χ1) is 23.2. The summed E-state index contributed by atoms with van der Waals surface area (Å²) in [7, 11) is 1.62. The highest BCUT2D eigenvalue weighted by Crippen LogP contribution is 2.44. The Balaban J connectivity index is 1.41. The molecule has 0 aliphatic carbocycles. The van der Waals surface area contributed by atoms with Crippen LogP contribution in [0.3, 0.4) is 0 Å². The number of carboxylic acids is 1.